The fraction of sp³-hybridized carbons (Fsp3) is 0.941. The molecule has 0 aliphatic carbocycles. The van der Waals surface area contributed by atoms with Gasteiger partial charge in [-0.05, 0) is 38.1 Å². The highest BCUT2D eigenvalue weighted by Gasteiger charge is 2.34. The van der Waals surface area contributed by atoms with Crippen molar-refractivity contribution in [2.45, 2.75) is 32.6 Å². The van der Waals surface area contributed by atoms with E-state index in [1.54, 1.807) is 0 Å². The van der Waals surface area contributed by atoms with Gasteiger partial charge < -0.3 is 25.4 Å². The molecule has 23 heavy (non-hydrogen) atoms. The SMILES string of the molecule is CN=C(NCCN1CCCC(C)C1)NCC1(CCO)CCOC1. The molecule has 0 amide bonds. The average molecular weight is 326 g/mol. The minimum Gasteiger partial charge on any atom is -0.396 e. The van der Waals surface area contributed by atoms with E-state index in [0.29, 0.717) is 0 Å². The van der Waals surface area contributed by atoms with E-state index in [0.717, 1.165) is 57.6 Å². The predicted octanol–water partition coefficient (Wildman–Crippen LogP) is 0.672. The van der Waals surface area contributed by atoms with Crippen LogP contribution in [-0.4, -0.2) is 75.6 Å². The zero-order valence-corrected chi connectivity index (χ0v) is 14.8. The van der Waals surface area contributed by atoms with Crippen molar-refractivity contribution < 1.29 is 9.84 Å². The van der Waals surface area contributed by atoms with E-state index in [4.69, 9.17) is 4.74 Å². The number of piperidine rings is 1. The average Bonchev–Trinajstić information content (AvgIpc) is 3.00. The van der Waals surface area contributed by atoms with Crippen LogP contribution in [0, 0.1) is 11.3 Å². The molecule has 0 saturated carbocycles. The molecule has 2 atom stereocenters. The third-order valence-electron chi connectivity index (χ3n) is 5.14. The Bertz CT molecular complexity index is 370. The quantitative estimate of drug-likeness (QED) is 0.474. The Hall–Kier alpha value is -0.850. The largest absolute Gasteiger partial charge is 0.396 e. The molecule has 0 aromatic carbocycles. The minimum absolute atomic E-state index is 0.0503. The maximum Gasteiger partial charge on any atom is 0.191 e. The van der Waals surface area contributed by atoms with Crippen molar-refractivity contribution in [3.05, 3.63) is 0 Å². The summed E-state index contributed by atoms with van der Waals surface area (Å²) in [6.07, 6.45) is 4.46. The molecule has 2 saturated heterocycles. The van der Waals surface area contributed by atoms with Crippen LogP contribution in [0.25, 0.3) is 0 Å². The lowest BCUT2D eigenvalue weighted by molar-refractivity contribution is 0.127. The lowest BCUT2D eigenvalue weighted by Gasteiger charge is -2.31. The topological polar surface area (TPSA) is 69.1 Å². The van der Waals surface area contributed by atoms with Crippen molar-refractivity contribution in [3.8, 4) is 0 Å². The second-order valence-electron chi connectivity index (χ2n) is 7.18. The first-order valence-corrected chi connectivity index (χ1v) is 9.03. The Morgan fingerprint density at radius 1 is 1.43 bits per heavy atom. The van der Waals surface area contributed by atoms with E-state index < -0.39 is 0 Å². The number of likely N-dealkylation sites (tertiary alicyclic amines) is 1. The summed E-state index contributed by atoms with van der Waals surface area (Å²) < 4.78 is 5.53. The Balaban J connectivity index is 1.68. The number of nitrogens with zero attached hydrogens (tertiary/aromatic N) is 2. The summed E-state index contributed by atoms with van der Waals surface area (Å²) in [7, 11) is 1.81. The van der Waals surface area contributed by atoms with Crippen molar-refractivity contribution in [1.82, 2.24) is 15.5 Å². The Morgan fingerprint density at radius 3 is 2.96 bits per heavy atom. The van der Waals surface area contributed by atoms with Gasteiger partial charge in [-0.15, -0.1) is 0 Å². The van der Waals surface area contributed by atoms with Crippen molar-refractivity contribution in [2.75, 3.05) is 59.6 Å². The number of hydrogen-bond acceptors (Lipinski definition) is 4. The summed E-state index contributed by atoms with van der Waals surface area (Å²) >= 11 is 0. The molecule has 2 rings (SSSR count). The van der Waals surface area contributed by atoms with Crippen LogP contribution in [0.15, 0.2) is 4.99 Å². The van der Waals surface area contributed by atoms with E-state index in [1.807, 2.05) is 7.05 Å². The van der Waals surface area contributed by atoms with Crippen LogP contribution < -0.4 is 10.6 Å². The van der Waals surface area contributed by atoms with Gasteiger partial charge in [-0.1, -0.05) is 6.92 Å². The molecule has 0 bridgehead atoms. The smallest absolute Gasteiger partial charge is 0.191 e. The van der Waals surface area contributed by atoms with Crippen LogP contribution in [0.4, 0.5) is 0 Å². The van der Waals surface area contributed by atoms with Gasteiger partial charge in [-0.25, -0.2) is 0 Å². The first-order chi connectivity index (χ1) is 11.2. The molecule has 0 spiro atoms. The first-order valence-electron chi connectivity index (χ1n) is 9.03. The van der Waals surface area contributed by atoms with Crippen LogP contribution in [0.1, 0.15) is 32.6 Å². The lowest BCUT2D eigenvalue weighted by Crippen LogP contribution is -2.47. The number of ether oxygens (including phenoxy) is 1. The fourth-order valence-electron chi connectivity index (χ4n) is 3.63. The van der Waals surface area contributed by atoms with Crippen molar-refractivity contribution in [1.29, 1.82) is 0 Å². The molecule has 0 radical (unpaired) electrons. The summed E-state index contributed by atoms with van der Waals surface area (Å²) in [5.74, 6) is 1.67. The number of nitrogens with one attached hydrogen (secondary N) is 2. The fourth-order valence-corrected chi connectivity index (χ4v) is 3.63. The number of guanidine groups is 1. The molecule has 0 aromatic rings. The maximum atomic E-state index is 9.29. The van der Waals surface area contributed by atoms with Gasteiger partial charge >= 0.3 is 0 Å². The first kappa shape index (κ1) is 18.5. The predicted molar refractivity (Wildman–Crippen MR) is 93.8 cm³/mol. The number of aliphatic hydroxyl groups is 1. The van der Waals surface area contributed by atoms with E-state index in [2.05, 4.69) is 27.4 Å². The van der Waals surface area contributed by atoms with E-state index in [-0.39, 0.29) is 12.0 Å². The molecule has 0 aromatic heterocycles. The minimum atomic E-state index is 0.0503. The number of aliphatic hydroxyl groups excluding tert-OH is 1. The summed E-state index contributed by atoms with van der Waals surface area (Å²) in [5.41, 5.74) is 0.0503. The second kappa shape index (κ2) is 9.45. The number of rotatable bonds is 7. The maximum absolute atomic E-state index is 9.29. The van der Waals surface area contributed by atoms with Gasteiger partial charge in [0.05, 0.1) is 6.61 Å². The third-order valence-corrected chi connectivity index (χ3v) is 5.14. The summed E-state index contributed by atoms with van der Waals surface area (Å²) in [5, 5.41) is 16.1. The van der Waals surface area contributed by atoms with Gasteiger partial charge in [0.25, 0.3) is 0 Å². The number of hydrogen-bond donors (Lipinski definition) is 3. The summed E-state index contributed by atoms with van der Waals surface area (Å²) in [6, 6.07) is 0. The highest BCUT2D eigenvalue weighted by atomic mass is 16.5. The molecule has 2 aliphatic heterocycles. The normalized spacial score (nSPS) is 29.7. The van der Waals surface area contributed by atoms with Crippen molar-refractivity contribution in [2.24, 2.45) is 16.3 Å². The molecule has 2 aliphatic rings. The highest BCUT2D eigenvalue weighted by molar-refractivity contribution is 5.79. The lowest BCUT2D eigenvalue weighted by atomic mass is 9.84. The van der Waals surface area contributed by atoms with Crippen molar-refractivity contribution >= 4 is 5.96 Å². The van der Waals surface area contributed by atoms with E-state index in [1.165, 1.54) is 25.9 Å². The molecule has 2 unspecified atom stereocenters. The summed E-state index contributed by atoms with van der Waals surface area (Å²) in [6.45, 7) is 9.28. The van der Waals surface area contributed by atoms with Crippen molar-refractivity contribution in [3.63, 3.8) is 0 Å². The monoisotopic (exact) mass is 326 g/mol. The summed E-state index contributed by atoms with van der Waals surface area (Å²) in [4.78, 5) is 6.84. The van der Waals surface area contributed by atoms with Gasteiger partial charge in [-0.3, -0.25) is 4.99 Å². The van der Waals surface area contributed by atoms with Gasteiger partial charge in [0.15, 0.2) is 5.96 Å². The molecule has 6 heteroatoms. The molecule has 2 heterocycles. The van der Waals surface area contributed by atoms with Crippen LogP contribution in [-0.2, 0) is 4.74 Å². The highest BCUT2D eigenvalue weighted by Crippen LogP contribution is 2.31. The molecular weight excluding hydrogens is 292 g/mol. The molecule has 3 N–H and O–H groups in total. The van der Waals surface area contributed by atoms with Gasteiger partial charge in [0.2, 0.25) is 0 Å². The van der Waals surface area contributed by atoms with Crippen LogP contribution in [0.2, 0.25) is 0 Å². The molecular formula is C17H34N4O2. The zero-order valence-electron chi connectivity index (χ0n) is 14.8. The van der Waals surface area contributed by atoms with Gasteiger partial charge in [-0.2, -0.15) is 0 Å². The Kier molecular flexibility index (Phi) is 7.59. The molecule has 2 fully saturated rings. The Labute approximate surface area is 140 Å². The number of aliphatic imine (C=N–C) groups is 1. The Morgan fingerprint density at radius 2 is 2.30 bits per heavy atom. The van der Waals surface area contributed by atoms with Crippen LogP contribution in [0.5, 0.6) is 0 Å². The third kappa shape index (κ3) is 5.94. The van der Waals surface area contributed by atoms with Gasteiger partial charge in [0.1, 0.15) is 0 Å². The molecule has 134 valence electrons. The van der Waals surface area contributed by atoms with Crippen LogP contribution in [0.3, 0.4) is 0 Å². The van der Waals surface area contributed by atoms with Crippen LogP contribution >= 0.6 is 0 Å². The standard InChI is InChI=1S/C17H34N4O2/c1-15-4-3-8-21(12-15)9-7-19-16(18-2)20-13-17(5-10-22)6-11-23-14-17/h15,22H,3-14H2,1-2H3,(H2,18,19,20). The van der Waals surface area contributed by atoms with E-state index in [9.17, 15) is 5.11 Å². The zero-order chi connectivity index (χ0) is 16.5. The van der Waals surface area contributed by atoms with E-state index >= 15 is 0 Å². The molecule has 6 nitrogen and oxygen atoms in total. The van der Waals surface area contributed by atoms with Gasteiger partial charge in [0, 0.05) is 51.9 Å². The second-order valence-corrected chi connectivity index (χ2v) is 7.18.